The number of aromatic nitrogens is 4. The van der Waals surface area contributed by atoms with E-state index in [1.807, 2.05) is 41.2 Å². The number of hydrogen-bond acceptors (Lipinski definition) is 3. The van der Waals surface area contributed by atoms with Gasteiger partial charge in [-0.25, -0.2) is 4.98 Å². The summed E-state index contributed by atoms with van der Waals surface area (Å²) in [5, 5.41) is 7.36. The molecule has 0 atom stereocenters. The predicted octanol–water partition coefficient (Wildman–Crippen LogP) is 11.3. The molecule has 5 aromatic carbocycles. The molecule has 0 bridgehead atoms. The first-order valence-electron chi connectivity index (χ1n) is 17.0. The van der Waals surface area contributed by atoms with E-state index in [1.165, 1.54) is 27.8 Å². The van der Waals surface area contributed by atoms with Gasteiger partial charge in [0, 0.05) is 40.5 Å². The number of ether oxygens (including phenoxy) is 1. The van der Waals surface area contributed by atoms with E-state index in [4.69, 9.17) is 14.8 Å². The molecule has 3 heterocycles. The molecule has 8 aromatic rings. The SMILES string of the molecule is Cc1cc(C)c(-c2cn(-c3[c-]c(Oc4[c-]c5c(cc4)c4ccccc4n5-c4cc(C(C)(C)C)ccn4)ccc3)nc2-c2ccccc2)c(C)c1.[Pt+2]. The Morgan fingerprint density at radius 2 is 1.43 bits per heavy atom. The zero-order valence-electron chi connectivity index (χ0n) is 29.6. The molecule has 8 rings (SSSR count). The van der Waals surface area contributed by atoms with Crippen LogP contribution in [-0.2, 0) is 26.5 Å². The third-order valence-electron chi connectivity index (χ3n) is 9.32. The van der Waals surface area contributed by atoms with Crippen LogP contribution in [0.15, 0.2) is 122 Å². The van der Waals surface area contributed by atoms with Crippen molar-refractivity contribution in [3.8, 4) is 45.4 Å². The summed E-state index contributed by atoms with van der Waals surface area (Å²) in [6.45, 7) is 13.1. The number of pyridine rings is 1. The van der Waals surface area contributed by atoms with Crippen molar-refractivity contribution in [2.75, 3.05) is 0 Å². The maximum Gasteiger partial charge on any atom is 2.00 e. The monoisotopic (exact) mass is 845 g/mol. The maximum absolute atomic E-state index is 6.49. The van der Waals surface area contributed by atoms with Crippen molar-refractivity contribution in [1.82, 2.24) is 19.3 Å². The minimum absolute atomic E-state index is 0. The van der Waals surface area contributed by atoms with Gasteiger partial charge in [-0.3, -0.25) is 4.68 Å². The summed E-state index contributed by atoms with van der Waals surface area (Å²) >= 11 is 0. The minimum Gasteiger partial charge on any atom is -0.509 e. The average Bonchev–Trinajstić information content (AvgIpc) is 3.68. The molecule has 0 N–H and O–H groups in total. The molecule has 0 radical (unpaired) electrons. The Morgan fingerprint density at radius 3 is 2.20 bits per heavy atom. The molecule has 0 amide bonds. The summed E-state index contributed by atoms with van der Waals surface area (Å²) in [5.41, 5.74) is 12.0. The summed E-state index contributed by atoms with van der Waals surface area (Å²) < 4.78 is 10.6. The van der Waals surface area contributed by atoms with Crippen molar-refractivity contribution in [3.05, 3.63) is 156 Å². The van der Waals surface area contributed by atoms with Gasteiger partial charge in [0.05, 0.1) is 0 Å². The molecule has 0 spiro atoms. The van der Waals surface area contributed by atoms with Gasteiger partial charge in [0.2, 0.25) is 0 Å². The first-order valence-corrected chi connectivity index (χ1v) is 17.0. The van der Waals surface area contributed by atoms with Gasteiger partial charge in [-0.1, -0.05) is 92.5 Å². The number of para-hydroxylation sites is 1. The topological polar surface area (TPSA) is 44.9 Å². The van der Waals surface area contributed by atoms with Crippen LogP contribution in [0.4, 0.5) is 0 Å². The van der Waals surface area contributed by atoms with E-state index < -0.39 is 0 Å². The van der Waals surface area contributed by atoms with Crippen LogP contribution in [0.2, 0.25) is 0 Å². The van der Waals surface area contributed by atoms with Crippen molar-refractivity contribution in [2.24, 2.45) is 0 Å². The van der Waals surface area contributed by atoms with Crippen molar-refractivity contribution in [1.29, 1.82) is 0 Å². The van der Waals surface area contributed by atoms with E-state index in [-0.39, 0.29) is 26.5 Å². The van der Waals surface area contributed by atoms with Crippen LogP contribution < -0.4 is 4.74 Å². The number of aryl methyl sites for hydroxylation is 3. The standard InChI is InChI=1S/C45H38N4O.Pt/c1-29-23-30(2)43(31(3)24-29)39-28-48(47-44(39)32-13-8-7-9-14-32)34-15-12-16-35(26-34)50-36-19-20-38-37-17-10-11-18-40(37)49(41(38)27-36)42-25-33(21-22-46-42)45(4,5)6;/h7-25,28H,1-6H3;/q-2;+2. The molecule has 254 valence electrons. The number of nitrogens with zero attached hydrogens (tertiary/aromatic N) is 4. The summed E-state index contributed by atoms with van der Waals surface area (Å²) in [7, 11) is 0. The van der Waals surface area contributed by atoms with Gasteiger partial charge in [0.1, 0.15) is 11.5 Å². The second-order valence-electron chi connectivity index (χ2n) is 14.1. The molecule has 5 nitrogen and oxygen atoms in total. The summed E-state index contributed by atoms with van der Waals surface area (Å²) in [6.07, 6.45) is 4.00. The second-order valence-corrected chi connectivity index (χ2v) is 14.1. The normalized spacial score (nSPS) is 11.6. The molecule has 0 saturated carbocycles. The third kappa shape index (κ3) is 6.43. The fourth-order valence-electron chi connectivity index (χ4n) is 7.02. The molecule has 3 aromatic heterocycles. The van der Waals surface area contributed by atoms with Gasteiger partial charge in [0.25, 0.3) is 0 Å². The van der Waals surface area contributed by atoms with Crippen molar-refractivity contribution >= 4 is 21.8 Å². The molecule has 0 aliphatic heterocycles. The van der Waals surface area contributed by atoms with Crippen LogP contribution in [0.5, 0.6) is 11.5 Å². The largest absolute Gasteiger partial charge is 2.00 e. The number of rotatable bonds is 6. The number of hydrogen-bond donors (Lipinski definition) is 0. The Morgan fingerprint density at radius 1 is 0.706 bits per heavy atom. The summed E-state index contributed by atoms with van der Waals surface area (Å²) in [4.78, 5) is 4.81. The molecule has 0 aliphatic rings. The molecule has 0 saturated heterocycles. The van der Waals surface area contributed by atoms with E-state index in [9.17, 15) is 0 Å². The van der Waals surface area contributed by atoms with Crippen LogP contribution in [0.1, 0.15) is 43.0 Å². The van der Waals surface area contributed by atoms with E-state index >= 15 is 0 Å². The Balaban J connectivity index is 0.00000406. The molecule has 6 heteroatoms. The van der Waals surface area contributed by atoms with Gasteiger partial charge >= 0.3 is 21.1 Å². The van der Waals surface area contributed by atoms with E-state index in [0.29, 0.717) is 11.5 Å². The molecule has 0 unspecified atom stereocenters. The number of fused-ring (bicyclic) bond motifs is 3. The maximum atomic E-state index is 6.49. The van der Waals surface area contributed by atoms with E-state index in [0.717, 1.165) is 50.1 Å². The fraction of sp³-hybridized carbons (Fsp3) is 0.156. The summed E-state index contributed by atoms with van der Waals surface area (Å²) in [5.74, 6) is 2.03. The van der Waals surface area contributed by atoms with Gasteiger partial charge in [-0.2, -0.15) is 17.2 Å². The molecule has 0 aliphatic carbocycles. The van der Waals surface area contributed by atoms with E-state index in [1.54, 1.807) is 0 Å². The van der Waals surface area contributed by atoms with Gasteiger partial charge in [0.15, 0.2) is 0 Å². The Bertz CT molecular complexity index is 2520. The zero-order valence-corrected chi connectivity index (χ0v) is 31.8. The first-order chi connectivity index (χ1) is 24.1. The van der Waals surface area contributed by atoms with Gasteiger partial charge < -0.3 is 9.30 Å². The summed E-state index contributed by atoms with van der Waals surface area (Å²) in [6, 6.07) is 44.5. The van der Waals surface area contributed by atoms with Crippen LogP contribution in [0.25, 0.3) is 55.7 Å². The van der Waals surface area contributed by atoms with Crippen molar-refractivity contribution < 1.29 is 25.8 Å². The average molecular weight is 846 g/mol. The van der Waals surface area contributed by atoms with Gasteiger partial charge in [-0.15, -0.1) is 35.7 Å². The third-order valence-corrected chi connectivity index (χ3v) is 9.32. The van der Waals surface area contributed by atoms with Gasteiger partial charge in [-0.05, 0) is 77.7 Å². The Kier molecular flexibility index (Phi) is 9.03. The first kappa shape index (κ1) is 34.2. The molecular formula is C45H38N4OPt. The van der Waals surface area contributed by atoms with Crippen molar-refractivity contribution in [3.63, 3.8) is 0 Å². The quantitative estimate of drug-likeness (QED) is 0.157. The predicted molar refractivity (Wildman–Crippen MR) is 204 cm³/mol. The smallest absolute Gasteiger partial charge is 0.509 e. The van der Waals surface area contributed by atoms with Crippen LogP contribution >= 0.6 is 0 Å². The van der Waals surface area contributed by atoms with Crippen molar-refractivity contribution in [2.45, 2.75) is 47.0 Å². The number of benzene rings is 5. The Hall–Kier alpha value is -5.25. The Labute approximate surface area is 313 Å². The van der Waals surface area contributed by atoms with Crippen LogP contribution in [0, 0.1) is 32.9 Å². The minimum atomic E-state index is -0.00964. The van der Waals surface area contributed by atoms with E-state index in [2.05, 4.69) is 143 Å². The van der Waals surface area contributed by atoms with Crippen LogP contribution in [-0.4, -0.2) is 19.3 Å². The molecular weight excluding hydrogens is 808 g/mol. The zero-order chi connectivity index (χ0) is 34.6. The molecule has 0 fully saturated rings. The van der Waals surface area contributed by atoms with Crippen LogP contribution in [0.3, 0.4) is 0 Å². The fourth-order valence-corrected chi connectivity index (χ4v) is 7.02. The molecule has 51 heavy (non-hydrogen) atoms. The second kappa shape index (κ2) is 13.5.